The predicted octanol–water partition coefficient (Wildman–Crippen LogP) is 2.23. The molecule has 3 unspecified atom stereocenters. The van der Waals surface area contributed by atoms with E-state index in [2.05, 4.69) is 25.7 Å². The van der Waals surface area contributed by atoms with Crippen molar-refractivity contribution in [2.75, 3.05) is 13.1 Å². The van der Waals surface area contributed by atoms with Crippen LogP contribution in [0, 0.1) is 11.8 Å². The van der Waals surface area contributed by atoms with E-state index in [1.807, 2.05) is 0 Å². The van der Waals surface area contributed by atoms with E-state index in [4.69, 9.17) is 5.73 Å². The van der Waals surface area contributed by atoms with Crippen LogP contribution in [-0.4, -0.2) is 29.6 Å². The number of nitrogens with two attached hydrogens (primary N) is 1. The van der Waals surface area contributed by atoms with E-state index in [1.165, 1.54) is 38.8 Å². The highest BCUT2D eigenvalue weighted by Crippen LogP contribution is 2.45. The summed E-state index contributed by atoms with van der Waals surface area (Å²) < 4.78 is 0. The highest BCUT2D eigenvalue weighted by Gasteiger charge is 2.49. The molecule has 2 N–H and O–H groups in total. The maximum Gasteiger partial charge on any atom is 0.0365 e. The Morgan fingerprint density at radius 2 is 1.87 bits per heavy atom. The van der Waals surface area contributed by atoms with Crippen LogP contribution < -0.4 is 5.73 Å². The van der Waals surface area contributed by atoms with Gasteiger partial charge in [0.1, 0.15) is 0 Å². The van der Waals surface area contributed by atoms with Crippen molar-refractivity contribution in [1.82, 2.24) is 4.90 Å². The smallest absolute Gasteiger partial charge is 0.0365 e. The summed E-state index contributed by atoms with van der Waals surface area (Å²) >= 11 is 0. The molecule has 1 spiro atoms. The van der Waals surface area contributed by atoms with Crippen molar-refractivity contribution in [3.8, 4) is 0 Å². The molecule has 0 radical (unpaired) electrons. The summed E-state index contributed by atoms with van der Waals surface area (Å²) in [5.41, 5.74) is 6.75. The normalized spacial score (nSPS) is 47.6. The lowest BCUT2D eigenvalue weighted by Crippen LogP contribution is -2.57. The van der Waals surface area contributed by atoms with E-state index in [1.54, 1.807) is 0 Å². The third-order valence-electron chi connectivity index (χ3n) is 4.62. The Morgan fingerprint density at radius 1 is 1.27 bits per heavy atom. The Morgan fingerprint density at radius 3 is 2.40 bits per heavy atom. The number of likely N-dealkylation sites (tertiary alicyclic amines) is 1. The molecule has 88 valence electrons. The fourth-order valence-electron chi connectivity index (χ4n) is 4.20. The van der Waals surface area contributed by atoms with Gasteiger partial charge in [-0.1, -0.05) is 20.8 Å². The van der Waals surface area contributed by atoms with Crippen molar-refractivity contribution in [3.63, 3.8) is 0 Å². The van der Waals surface area contributed by atoms with Gasteiger partial charge in [-0.05, 0) is 44.1 Å². The fraction of sp³-hybridized carbons (Fsp3) is 1.00. The van der Waals surface area contributed by atoms with E-state index >= 15 is 0 Å². The van der Waals surface area contributed by atoms with E-state index in [0.29, 0.717) is 11.6 Å². The van der Waals surface area contributed by atoms with Crippen LogP contribution >= 0.6 is 0 Å². The average Bonchev–Trinajstić information content (AvgIpc) is 2.42. The summed E-state index contributed by atoms with van der Waals surface area (Å²) in [7, 11) is 0. The fourth-order valence-corrected chi connectivity index (χ4v) is 4.20. The highest BCUT2D eigenvalue weighted by molar-refractivity contribution is 5.07. The van der Waals surface area contributed by atoms with E-state index in [0.717, 1.165) is 11.8 Å². The standard InChI is InChI=1S/C13H26N2/c1-4-15-6-5-12(14)13(15)8-10(2)7-11(3)9-13/h10-12H,4-9,14H2,1-3H3. The molecule has 2 heteroatoms. The number of likely N-dealkylation sites (N-methyl/N-ethyl adjacent to an activating group) is 1. The van der Waals surface area contributed by atoms with Gasteiger partial charge < -0.3 is 5.73 Å². The maximum absolute atomic E-state index is 6.39. The third kappa shape index (κ3) is 1.83. The summed E-state index contributed by atoms with van der Waals surface area (Å²) in [5.74, 6) is 1.71. The summed E-state index contributed by atoms with van der Waals surface area (Å²) in [6, 6.07) is 0.419. The largest absolute Gasteiger partial charge is 0.326 e. The average molecular weight is 210 g/mol. The Kier molecular flexibility index (Phi) is 3.09. The molecular formula is C13H26N2. The zero-order valence-electron chi connectivity index (χ0n) is 10.5. The summed E-state index contributed by atoms with van der Waals surface area (Å²) in [6.45, 7) is 9.47. The van der Waals surface area contributed by atoms with Crippen molar-refractivity contribution in [3.05, 3.63) is 0 Å². The first-order valence-corrected chi connectivity index (χ1v) is 6.59. The first-order chi connectivity index (χ1) is 7.08. The molecule has 0 aromatic rings. The Bertz CT molecular complexity index is 217. The van der Waals surface area contributed by atoms with E-state index < -0.39 is 0 Å². The molecule has 0 aromatic heterocycles. The minimum atomic E-state index is 0.353. The second kappa shape index (κ2) is 4.06. The number of nitrogens with zero attached hydrogens (tertiary/aromatic N) is 1. The van der Waals surface area contributed by atoms with Gasteiger partial charge in [0.05, 0.1) is 0 Å². The van der Waals surface area contributed by atoms with Crippen LogP contribution in [-0.2, 0) is 0 Å². The van der Waals surface area contributed by atoms with Gasteiger partial charge in [0, 0.05) is 18.1 Å². The second-order valence-corrected chi connectivity index (χ2v) is 5.93. The molecule has 0 bridgehead atoms. The topological polar surface area (TPSA) is 29.3 Å². The molecule has 1 saturated carbocycles. The van der Waals surface area contributed by atoms with Gasteiger partial charge in [0.2, 0.25) is 0 Å². The van der Waals surface area contributed by atoms with Crippen molar-refractivity contribution in [1.29, 1.82) is 0 Å². The Labute approximate surface area is 94.2 Å². The molecule has 2 aliphatic rings. The monoisotopic (exact) mass is 210 g/mol. The van der Waals surface area contributed by atoms with Crippen LogP contribution in [0.4, 0.5) is 0 Å². The Balaban J connectivity index is 2.21. The van der Waals surface area contributed by atoms with Crippen molar-refractivity contribution in [2.24, 2.45) is 17.6 Å². The molecule has 15 heavy (non-hydrogen) atoms. The lowest BCUT2D eigenvalue weighted by Gasteiger charge is -2.48. The van der Waals surface area contributed by atoms with Crippen LogP contribution in [0.5, 0.6) is 0 Å². The highest BCUT2D eigenvalue weighted by atomic mass is 15.2. The van der Waals surface area contributed by atoms with E-state index in [-0.39, 0.29) is 0 Å². The molecule has 2 rings (SSSR count). The SMILES string of the molecule is CCN1CCC(N)C12CC(C)CC(C)C2. The van der Waals surface area contributed by atoms with Crippen LogP contribution in [0.2, 0.25) is 0 Å². The zero-order chi connectivity index (χ0) is 11.1. The number of hydrogen-bond acceptors (Lipinski definition) is 2. The van der Waals surface area contributed by atoms with Crippen LogP contribution in [0.3, 0.4) is 0 Å². The quantitative estimate of drug-likeness (QED) is 0.719. The molecule has 3 atom stereocenters. The van der Waals surface area contributed by atoms with Crippen LogP contribution in [0.15, 0.2) is 0 Å². The molecule has 1 aliphatic heterocycles. The van der Waals surface area contributed by atoms with Gasteiger partial charge in [0.25, 0.3) is 0 Å². The number of rotatable bonds is 1. The molecular weight excluding hydrogens is 184 g/mol. The summed E-state index contributed by atoms with van der Waals surface area (Å²) in [4.78, 5) is 2.66. The van der Waals surface area contributed by atoms with Gasteiger partial charge in [0.15, 0.2) is 0 Å². The minimum Gasteiger partial charge on any atom is -0.326 e. The molecule has 0 aromatic carbocycles. The maximum atomic E-state index is 6.39. The van der Waals surface area contributed by atoms with Crippen molar-refractivity contribution >= 4 is 0 Å². The van der Waals surface area contributed by atoms with Gasteiger partial charge in [-0.2, -0.15) is 0 Å². The molecule has 2 nitrogen and oxygen atoms in total. The summed E-state index contributed by atoms with van der Waals surface area (Å²) in [5, 5.41) is 0. The third-order valence-corrected chi connectivity index (χ3v) is 4.62. The summed E-state index contributed by atoms with van der Waals surface area (Å²) in [6.07, 6.45) is 5.25. The van der Waals surface area contributed by atoms with Crippen molar-refractivity contribution < 1.29 is 0 Å². The lowest BCUT2D eigenvalue weighted by molar-refractivity contribution is 0.0408. The molecule has 1 aliphatic carbocycles. The lowest BCUT2D eigenvalue weighted by atomic mass is 9.68. The van der Waals surface area contributed by atoms with Gasteiger partial charge >= 0.3 is 0 Å². The minimum absolute atomic E-state index is 0.353. The molecule has 1 saturated heterocycles. The molecule has 0 amide bonds. The first kappa shape index (κ1) is 11.4. The Hall–Kier alpha value is -0.0800. The molecule has 2 fully saturated rings. The first-order valence-electron chi connectivity index (χ1n) is 6.59. The van der Waals surface area contributed by atoms with Crippen LogP contribution in [0.25, 0.3) is 0 Å². The zero-order valence-corrected chi connectivity index (χ0v) is 10.5. The van der Waals surface area contributed by atoms with Crippen LogP contribution in [0.1, 0.15) is 46.5 Å². The van der Waals surface area contributed by atoms with Gasteiger partial charge in [-0.15, -0.1) is 0 Å². The van der Waals surface area contributed by atoms with Gasteiger partial charge in [-0.3, -0.25) is 4.90 Å². The predicted molar refractivity (Wildman–Crippen MR) is 64.7 cm³/mol. The number of hydrogen-bond donors (Lipinski definition) is 1. The molecule has 1 heterocycles. The van der Waals surface area contributed by atoms with Gasteiger partial charge in [-0.25, -0.2) is 0 Å². The van der Waals surface area contributed by atoms with E-state index in [9.17, 15) is 0 Å². The van der Waals surface area contributed by atoms with Crippen molar-refractivity contribution in [2.45, 2.75) is 58.0 Å². The second-order valence-electron chi connectivity index (χ2n) is 5.93.